The minimum absolute atomic E-state index is 0.197. The van der Waals surface area contributed by atoms with Crippen LogP contribution in [0.3, 0.4) is 0 Å². The third-order valence-corrected chi connectivity index (χ3v) is 4.21. The summed E-state index contributed by atoms with van der Waals surface area (Å²) in [4.78, 5) is 23.9. The first kappa shape index (κ1) is 19.3. The van der Waals surface area contributed by atoms with Crippen molar-refractivity contribution < 1.29 is 18.4 Å². The van der Waals surface area contributed by atoms with Crippen LogP contribution in [0.15, 0.2) is 58.7 Å². The van der Waals surface area contributed by atoms with Crippen molar-refractivity contribution in [2.75, 3.05) is 0 Å². The van der Waals surface area contributed by atoms with Gasteiger partial charge in [-0.2, -0.15) is 10.2 Å². The number of carbonyl (C=O) groups is 2. The lowest BCUT2D eigenvalue weighted by Gasteiger charge is -2.15. The van der Waals surface area contributed by atoms with Gasteiger partial charge in [0.1, 0.15) is 11.6 Å². The Kier molecular flexibility index (Phi) is 6.21. The van der Waals surface area contributed by atoms with Crippen LogP contribution in [-0.2, 0) is 0 Å². The first-order valence-corrected chi connectivity index (χ1v) is 8.74. The molecule has 0 atom stereocenters. The average Bonchev–Trinajstić information content (AvgIpc) is 2.71. The van der Waals surface area contributed by atoms with Crippen molar-refractivity contribution in [2.24, 2.45) is 10.2 Å². The van der Waals surface area contributed by atoms with Crippen LogP contribution in [0.1, 0.15) is 46.4 Å². The summed E-state index contributed by atoms with van der Waals surface area (Å²) in [6.07, 6.45) is 2.33. The number of rotatable bonds is 4. The summed E-state index contributed by atoms with van der Waals surface area (Å²) in [6.45, 7) is 0. The summed E-state index contributed by atoms with van der Waals surface area (Å²) in [7, 11) is 0. The molecule has 0 saturated heterocycles. The molecule has 1 fully saturated rings. The number of carbonyl (C=O) groups excluding carboxylic acids is 2. The average molecular weight is 384 g/mol. The normalized spacial score (nSPS) is 13.6. The van der Waals surface area contributed by atoms with Crippen molar-refractivity contribution in [2.45, 2.75) is 25.7 Å². The molecule has 0 unspecified atom stereocenters. The molecule has 2 amide bonds. The van der Waals surface area contributed by atoms with E-state index < -0.39 is 23.4 Å². The Labute approximate surface area is 160 Å². The quantitative estimate of drug-likeness (QED) is 0.792. The van der Waals surface area contributed by atoms with Gasteiger partial charge in [-0.05, 0) is 62.1 Å². The molecule has 0 bridgehead atoms. The summed E-state index contributed by atoms with van der Waals surface area (Å²) in [6, 6.07) is 10.7. The molecular formula is C20H18F2N4O2. The van der Waals surface area contributed by atoms with Crippen molar-refractivity contribution in [3.63, 3.8) is 0 Å². The van der Waals surface area contributed by atoms with Crippen LogP contribution >= 0.6 is 0 Å². The van der Waals surface area contributed by atoms with Crippen molar-refractivity contribution in [3.05, 3.63) is 71.3 Å². The number of benzene rings is 2. The molecule has 1 saturated carbocycles. The molecule has 2 aromatic rings. The summed E-state index contributed by atoms with van der Waals surface area (Å²) in [5.74, 6) is -1.93. The lowest BCUT2D eigenvalue weighted by Crippen LogP contribution is -2.24. The van der Waals surface area contributed by atoms with Crippen LogP contribution in [-0.4, -0.2) is 23.2 Å². The highest BCUT2D eigenvalue weighted by Gasteiger charge is 2.15. The number of amides is 2. The molecule has 144 valence electrons. The van der Waals surface area contributed by atoms with Crippen molar-refractivity contribution >= 4 is 23.2 Å². The van der Waals surface area contributed by atoms with Gasteiger partial charge in [0.2, 0.25) is 0 Å². The number of hydrogen-bond acceptors (Lipinski definition) is 4. The van der Waals surface area contributed by atoms with E-state index in [1.807, 2.05) is 0 Å². The molecule has 8 heteroatoms. The highest BCUT2D eigenvalue weighted by molar-refractivity contribution is 6.01. The molecule has 1 aliphatic rings. The standard InChI is InChI=1S/C20H18F2N4O2/c21-15-5-1-3-13(11-15)19(27)25-23-17-7-9-18(10-8-17)24-26-20(28)14-4-2-6-16(22)12-14/h1-6,11-12H,7-10H2,(H,25,27)(H,26,28). The maximum atomic E-state index is 13.1. The zero-order valence-corrected chi connectivity index (χ0v) is 14.9. The van der Waals surface area contributed by atoms with E-state index in [1.165, 1.54) is 36.4 Å². The van der Waals surface area contributed by atoms with Gasteiger partial charge in [0.25, 0.3) is 11.8 Å². The minimum Gasteiger partial charge on any atom is -0.267 e. The smallest absolute Gasteiger partial charge is 0.267 e. The highest BCUT2D eigenvalue weighted by Crippen LogP contribution is 2.13. The number of hydrogen-bond donors (Lipinski definition) is 2. The second-order valence-electron chi connectivity index (χ2n) is 6.26. The topological polar surface area (TPSA) is 82.9 Å². The third kappa shape index (κ3) is 5.29. The van der Waals surface area contributed by atoms with E-state index in [1.54, 1.807) is 0 Å². The van der Waals surface area contributed by atoms with Gasteiger partial charge in [-0.25, -0.2) is 19.6 Å². The van der Waals surface area contributed by atoms with E-state index >= 15 is 0 Å². The maximum absolute atomic E-state index is 13.1. The Morgan fingerprint density at radius 2 is 1.11 bits per heavy atom. The monoisotopic (exact) mass is 384 g/mol. The van der Waals surface area contributed by atoms with Gasteiger partial charge >= 0.3 is 0 Å². The molecular weight excluding hydrogens is 366 g/mol. The Morgan fingerprint density at radius 3 is 1.46 bits per heavy atom. The van der Waals surface area contributed by atoms with Crippen molar-refractivity contribution in [1.29, 1.82) is 0 Å². The molecule has 0 aromatic heterocycles. The Morgan fingerprint density at radius 1 is 0.714 bits per heavy atom. The second kappa shape index (κ2) is 8.98. The maximum Gasteiger partial charge on any atom is 0.271 e. The number of hydrazone groups is 2. The Balaban J connectivity index is 1.49. The highest BCUT2D eigenvalue weighted by atomic mass is 19.1. The molecule has 0 aliphatic heterocycles. The summed E-state index contributed by atoms with van der Waals surface area (Å²) in [5, 5.41) is 8.17. The zero-order chi connectivity index (χ0) is 19.9. The van der Waals surface area contributed by atoms with E-state index in [-0.39, 0.29) is 11.1 Å². The van der Waals surface area contributed by atoms with Gasteiger partial charge in [-0.15, -0.1) is 0 Å². The molecule has 0 spiro atoms. The lowest BCUT2D eigenvalue weighted by atomic mass is 9.97. The second-order valence-corrected chi connectivity index (χ2v) is 6.26. The van der Waals surface area contributed by atoms with Crippen LogP contribution in [0, 0.1) is 11.6 Å². The predicted octanol–water partition coefficient (Wildman–Crippen LogP) is 3.41. The van der Waals surface area contributed by atoms with Crippen LogP contribution in [0.5, 0.6) is 0 Å². The summed E-state index contributed by atoms with van der Waals surface area (Å²) < 4.78 is 26.3. The Hall–Kier alpha value is -3.42. The zero-order valence-electron chi connectivity index (χ0n) is 14.9. The first-order chi connectivity index (χ1) is 13.5. The molecule has 6 nitrogen and oxygen atoms in total. The SMILES string of the molecule is O=C(NN=C1CCC(=NNC(=O)c2cccc(F)c2)CC1)c1cccc(F)c1. The fourth-order valence-electron chi connectivity index (χ4n) is 2.70. The molecule has 3 rings (SSSR count). The van der Waals surface area contributed by atoms with Crippen molar-refractivity contribution in [3.8, 4) is 0 Å². The number of nitrogens with one attached hydrogen (secondary N) is 2. The van der Waals surface area contributed by atoms with Crippen molar-refractivity contribution in [1.82, 2.24) is 10.9 Å². The number of halogens is 2. The van der Waals surface area contributed by atoms with Gasteiger partial charge in [0.15, 0.2) is 0 Å². The predicted molar refractivity (Wildman–Crippen MR) is 101 cm³/mol. The molecule has 2 N–H and O–H groups in total. The summed E-state index contributed by atoms with van der Waals surface area (Å²) in [5.41, 5.74) is 6.83. The van der Waals surface area contributed by atoms with E-state index in [0.29, 0.717) is 25.7 Å². The molecule has 2 aromatic carbocycles. The third-order valence-electron chi connectivity index (χ3n) is 4.21. The van der Waals surface area contributed by atoms with E-state index in [0.717, 1.165) is 23.6 Å². The van der Waals surface area contributed by atoms with Crippen LogP contribution in [0.25, 0.3) is 0 Å². The van der Waals surface area contributed by atoms with Crippen LogP contribution in [0.2, 0.25) is 0 Å². The Bertz CT molecular complexity index is 867. The fourth-order valence-corrected chi connectivity index (χ4v) is 2.70. The number of nitrogens with zero attached hydrogens (tertiary/aromatic N) is 2. The largest absolute Gasteiger partial charge is 0.271 e. The van der Waals surface area contributed by atoms with Gasteiger partial charge in [-0.3, -0.25) is 9.59 Å². The molecule has 1 aliphatic carbocycles. The minimum atomic E-state index is -0.487. The molecule has 0 radical (unpaired) electrons. The van der Waals surface area contributed by atoms with Gasteiger partial charge < -0.3 is 0 Å². The molecule has 28 heavy (non-hydrogen) atoms. The summed E-state index contributed by atoms with van der Waals surface area (Å²) >= 11 is 0. The lowest BCUT2D eigenvalue weighted by molar-refractivity contribution is 0.0946. The van der Waals surface area contributed by atoms with Gasteiger partial charge in [0, 0.05) is 22.6 Å². The van der Waals surface area contributed by atoms with E-state index in [4.69, 9.17) is 0 Å². The van der Waals surface area contributed by atoms with E-state index in [9.17, 15) is 18.4 Å². The van der Waals surface area contributed by atoms with E-state index in [2.05, 4.69) is 21.1 Å². The van der Waals surface area contributed by atoms with Gasteiger partial charge in [0.05, 0.1) is 0 Å². The first-order valence-electron chi connectivity index (χ1n) is 8.74. The van der Waals surface area contributed by atoms with Crippen LogP contribution in [0.4, 0.5) is 8.78 Å². The fraction of sp³-hybridized carbons (Fsp3) is 0.200. The van der Waals surface area contributed by atoms with Crippen LogP contribution < -0.4 is 10.9 Å². The van der Waals surface area contributed by atoms with Gasteiger partial charge in [-0.1, -0.05) is 12.1 Å². The molecule has 0 heterocycles.